The molecular formula is C23H23ClF2N4S. The molecule has 1 atom stereocenters. The number of nitrogens with zero attached hydrogens (tertiary/aromatic N) is 4. The number of aliphatic imine (C=N–C) groups is 1. The number of hydrogen-bond acceptors (Lipinski definition) is 5. The molecule has 8 heteroatoms. The van der Waals surface area contributed by atoms with Crippen LogP contribution in [-0.4, -0.2) is 60.7 Å². The molecule has 0 saturated carbocycles. The number of hydrogen-bond donors (Lipinski definition) is 0. The summed E-state index contributed by atoms with van der Waals surface area (Å²) >= 11 is 8.41. The van der Waals surface area contributed by atoms with Crippen LogP contribution in [0.2, 0.25) is 5.02 Å². The van der Waals surface area contributed by atoms with Gasteiger partial charge >= 0.3 is 0 Å². The molecule has 31 heavy (non-hydrogen) atoms. The van der Waals surface area contributed by atoms with Crippen molar-refractivity contribution in [3.63, 3.8) is 0 Å². The van der Waals surface area contributed by atoms with Crippen molar-refractivity contribution < 1.29 is 8.78 Å². The fraction of sp³-hybridized carbons (Fsp3) is 0.348. The number of amidine groups is 1. The second-order valence-corrected chi connectivity index (χ2v) is 9.75. The van der Waals surface area contributed by atoms with E-state index in [2.05, 4.69) is 35.3 Å². The first kappa shape index (κ1) is 20.8. The summed E-state index contributed by atoms with van der Waals surface area (Å²) in [4.78, 5) is 12.5. The highest BCUT2D eigenvalue weighted by Crippen LogP contribution is 2.50. The van der Waals surface area contributed by atoms with Crippen LogP contribution >= 0.6 is 23.4 Å². The van der Waals surface area contributed by atoms with E-state index in [1.54, 1.807) is 11.8 Å². The molecule has 1 fully saturated rings. The van der Waals surface area contributed by atoms with E-state index in [4.69, 9.17) is 16.6 Å². The molecule has 3 aliphatic heterocycles. The van der Waals surface area contributed by atoms with Crippen LogP contribution in [0.3, 0.4) is 0 Å². The quantitative estimate of drug-likeness (QED) is 0.592. The van der Waals surface area contributed by atoms with Crippen LogP contribution in [0.25, 0.3) is 11.1 Å². The molecular weight excluding hydrogens is 438 g/mol. The lowest BCUT2D eigenvalue weighted by Gasteiger charge is -2.44. The van der Waals surface area contributed by atoms with Gasteiger partial charge in [-0.2, -0.15) is 0 Å². The molecule has 0 bridgehead atoms. The summed E-state index contributed by atoms with van der Waals surface area (Å²) in [6, 6.07) is 5.80. The van der Waals surface area contributed by atoms with E-state index in [0.717, 1.165) is 60.0 Å². The zero-order valence-electron chi connectivity index (χ0n) is 17.5. The maximum atomic E-state index is 14.7. The minimum atomic E-state index is -0.618. The van der Waals surface area contributed by atoms with Gasteiger partial charge < -0.3 is 14.7 Å². The number of benzene rings is 2. The van der Waals surface area contributed by atoms with Crippen LogP contribution < -0.4 is 4.90 Å². The summed E-state index contributed by atoms with van der Waals surface area (Å²) in [6.07, 6.45) is 0. The first-order valence-corrected chi connectivity index (χ1v) is 11.7. The van der Waals surface area contributed by atoms with Gasteiger partial charge in [-0.3, -0.25) is 0 Å². The summed E-state index contributed by atoms with van der Waals surface area (Å²) in [6.45, 7) is 9.93. The Kier molecular flexibility index (Phi) is 5.23. The predicted octanol–water partition coefficient (Wildman–Crippen LogP) is 5.06. The van der Waals surface area contributed by atoms with Crippen LogP contribution in [0, 0.1) is 11.6 Å². The van der Waals surface area contributed by atoms with E-state index in [1.807, 2.05) is 6.07 Å². The number of piperazine rings is 1. The molecule has 4 nitrogen and oxygen atoms in total. The summed E-state index contributed by atoms with van der Waals surface area (Å²) in [5, 5.41) is 0.440. The van der Waals surface area contributed by atoms with E-state index in [1.165, 1.54) is 12.1 Å². The number of thioether (sulfide) groups is 1. The van der Waals surface area contributed by atoms with E-state index in [9.17, 15) is 8.78 Å². The van der Waals surface area contributed by atoms with Crippen molar-refractivity contribution in [2.75, 3.05) is 43.9 Å². The minimum Gasteiger partial charge on any atom is -0.351 e. The molecule has 5 rings (SSSR count). The fourth-order valence-corrected chi connectivity index (χ4v) is 6.22. The topological polar surface area (TPSA) is 22.1 Å². The highest BCUT2D eigenvalue weighted by atomic mass is 35.5. The number of rotatable bonds is 1. The lowest BCUT2D eigenvalue weighted by molar-refractivity contribution is 0.162. The maximum Gasteiger partial charge on any atom is 0.140 e. The summed E-state index contributed by atoms with van der Waals surface area (Å²) in [5.74, 6) is 1.13. The van der Waals surface area contributed by atoms with Crippen molar-refractivity contribution in [3.05, 3.63) is 58.9 Å². The van der Waals surface area contributed by atoms with Crippen molar-refractivity contribution in [1.82, 2.24) is 9.80 Å². The largest absolute Gasteiger partial charge is 0.351 e. The van der Waals surface area contributed by atoms with Crippen LogP contribution in [0.5, 0.6) is 0 Å². The Bertz CT molecular complexity index is 1120. The van der Waals surface area contributed by atoms with E-state index >= 15 is 0 Å². The van der Waals surface area contributed by atoms with Crippen LogP contribution in [-0.2, 0) is 0 Å². The van der Waals surface area contributed by atoms with Gasteiger partial charge in [0.25, 0.3) is 0 Å². The van der Waals surface area contributed by atoms with Gasteiger partial charge in [0.15, 0.2) is 0 Å². The van der Waals surface area contributed by atoms with Gasteiger partial charge in [-0.15, -0.1) is 11.8 Å². The Morgan fingerprint density at radius 1 is 1.16 bits per heavy atom. The summed E-state index contributed by atoms with van der Waals surface area (Å²) in [5.41, 5.74) is 2.83. The maximum absolute atomic E-state index is 14.7. The Morgan fingerprint density at radius 2 is 1.97 bits per heavy atom. The molecule has 1 saturated heterocycles. The Balaban J connectivity index is 1.71. The van der Waals surface area contributed by atoms with Crippen molar-refractivity contribution in [1.29, 1.82) is 0 Å². The van der Waals surface area contributed by atoms with Gasteiger partial charge in [0.2, 0.25) is 0 Å². The smallest absolute Gasteiger partial charge is 0.140 e. The molecule has 0 N–H and O–H groups in total. The molecule has 3 aliphatic rings. The molecule has 162 valence electrons. The second-order valence-electron chi connectivity index (χ2n) is 8.24. The van der Waals surface area contributed by atoms with E-state index in [0.29, 0.717) is 22.0 Å². The SMILES string of the molecule is C=C1N=C(N2CCN(C)CC2C)c2cc(Cl)c(-c3ccc(F)cc3F)c3c2N1CCS3. The number of anilines is 1. The molecule has 0 amide bonds. The van der Waals surface area contributed by atoms with Crippen molar-refractivity contribution >= 4 is 34.9 Å². The van der Waals surface area contributed by atoms with Crippen molar-refractivity contribution in [3.8, 4) is 11.1 Å². The molecule has 3 heterocycles. The van der Waals surface area contributed by atoms with Crippen molar-refractivity contribution in [2.24, 2.45) is 4.99 Å². The zero-order valence-corrected chi connectivity index (χ0v) is 19.0. The summed E-state index contributed by atoms with van der Waals surface area (Å²) < 4.78 is 28.3. The third-order valence-corrected chi connectivity index (χ3v) is 7.50. The van der Waals surface area contributed by atoms with Crippen LogP contribution in [0.4, 0.5) is 14.5 Å². The van der Waals surface area contributed by atoms with Gasteiger partial charge in [-0.05, 0) is 32.2 Å². The van der Waals surface area contributed by atoms with Gasteiger partial charge in [0.1, 0.15) is 23.3 Å². The minimum absolute atomic E-state index is 0.289. The molecule has 0 aliphatic carbocycles. The Morgan fingerprint density at radius 3 is 2.71 bits per heavy atom. The lowest BCUT2D eigenvalue weighted by atomic mass is 9.97. The molecule has 2 aromatic carbocycles. The Hall–Kier alpha value is -2.09. The second kappa shape index (κ2) is 7.80. The first-order chi connectivity index (χ1) is 14.8. The monoisotopic (exact) mass is 460 g/mol. The molecule has 2 aromatic rings. The fourth-order valence-electron chi connectivity index (χ4n) is 4.66. The average Bonchev–Trinajstić information content (AvgIpc) is 2.72. The standard InChI is InChI=1S/C23H23ClF2N4S/c1-13-12-28(3)6-7-29(13)23-17-11-18(24)20(16-5-4-15(25)10-19(16)26)22-21(17)30(8-9-31-22)14(2)27-23/h4-5,10-11,13H,2,6-9,12H2,1,3H3. The predicted molar refractivity (Wildman–Crippen MR) is 124 cm³/mol. The van der Waals surface area contributed by atoms with E-state index < -0.39 is 11.6 Å². The van der Waals surface area contributed by atoms with Crippen LogP contribution in [0.1, 0.15) is 12.5 Å². The van der Waals surface area contributed by atoms with Crippen molar-refractivity contribution in [2.45, 2.75) is 17.9 Å². The first-order valence-electron chi connectivity index (χ1n) is 10.3. The molecule has 0 aromatic heterocycles. The highest BCUT2D eigenvalue weighted by Gasteiger charge is 2.36. The third kappa shape index (κ3) is 3.43. The highest BCUT2D eigenvalue weighted by molar-refractivity contribution is 7.99. The van der Waals surface area contributed by atoms with E-state index in [-0.39, 0.29) is 6.04 Å². The Labute approximate surface area is 190 Å². The molecule has 0 radical (unpaired) electrons. The molecule has 1 unspecified atom stereocenters. The van der Waals surface area contributed by atoms with Crippen LogP contribution in [0.15, 0.2) is 46.6 Å². The number of likely N-dealkylation sites (N-methyl/N-ethyl adjacent to an activating group) is 1. The summed E-state index contributed by atoms with van der Waals surface area (Å²) in [7, 11) is 2.12. The van der Waals surface area contributed by atoms with Gasteiger partial charge in [-0.1, -0.05) is 18.2 Å². The van der Waals surface area contributed by atoms with Gasteiger partial charge in [-0.25, -0.2) is 13.8 Å². The third-order valence-electron chi connectivity index (χ3n) is 6.13. The zero-order chi connectivity index (χ0) is 21.9. The normalized spacial score (nSPS) is 21.3. The average molecular weight is 461 g/mol. The molecule has 0 spiro atoms. The number of halogens is 3. The van der Waals surface area contributed by atoms with Gasteiger partial charge in [0.05, 0.1) is 10.7 Å². The van der Waals surface area contributed by atoms with Gasteiger partial charge in [0, 0.05) is 65.6 Å². The lowest BCUT2D eigenvalue weighted by Crippen LogP contribution is -2.54.